The molecule has 0 radical (unpaired) electrons. The molecule has 0 aromatic heterocycles. The van der Waals surface area contributed by atoms with Crippen molar-refractivity contribution in [3.05, 3.63) is 24.5 Å². The molecule has 0 fully saturated rings. The number of hydrogen-bond acceptors (Lipinski definition) is 2. The lowest BCUT2D eigenvalue weighted by Gasteiger charge is -1.96. The van der Waals surface area contributed by atoms with Crippen LogP contribution >= 0.6 is 0 Å². The summed E-state index contributed by atoms with van der Waals surface area (Å²) in [7, 11) is 0. The maximum atomic E-state index is 8.51. The van der Waals surface area contributed by atoms with Crippen LogP contribution in [0.5, 0.6) is 0 Å². The van der Waals surface area contributed by atoms with Gasteiger partial charge in [-0.15, -0.1) is 0 Å². The van der Waals surface area contributed by atoms with Crippen molar-refractivity contribution >= 4 is 0 Å². The zero-order valence-corrected chi connectivity index (χ0v) is 8.86. The molecule has 0 spiro atoms. The molecule has 0 aromatic rings. The van der Waals surface area contributed by atoms with Gasteiger partial charge in [-0.2, -0.15) is 0 Å². The van der Waals surface area contributed by atoms with Gasteiger partial charge in [0.15, 0.2) is 0 Å². The molecule has 0 aliphatic heterocycles. The van der Waals surface area contributed by atoms with Crippen molar-refractivity contribution in [1.82, 2.24) is 0 Å². The van der Waals surface area contributed by atoms with Gasteiger partial charge in [0, 0.05) is 6.61 Å². The first kappa shape index (κ1) is 13.2. The predicted octanol–water partition coefficient (Wildman–Crippen LogP) is 3.34. The van der Waals surface area contributed by atoms with Gasteiger partial charge in [0.05, 0.1) is 6.26 Å². The van der Waals surface area contributed by atoms with Crippen LogP contribution < -0.4 is 0 Å². The monoisotopic (exact) mass is 198 g/mol. The first-order valence-electron chi connectivity index (χ1n) is 5.47. The van der Waals surface area contributed by atoms with Gasteiger partial charge in [-0.25, -0.2) is 0 Å². The van der Waals surface area contributed by atoms with Crippen molar-refractivity contribution < 1.29 is 10.2 Å². The standard InChI is InChI=1S/C12H22O2/c13-11-9-7-5-3-1-2-4-6-8-10-12-14/h5,7,10,12-14H,1-4,6,8-9,11H2/b7-5+,12-10-. The molecule has 2 heteroatoms. The van der Waals surface area contributed by atoms with Crippen molar-refractivity contribution in [3.8, 4) is 0 Å². The fraction of sp³-hybridized carbons (Fsp3) is 0.667. The van der Waals surface area contributed by atoms with Crippen LogP contribution in [0.25, 0.3) is 0 Å². The highest BCUT2D eigenvalue weighted by atomic mass is 16.3. The molecule has 0 saturated carbocycles. The molecule has 82 valence electrons. The number of unbranched alkanes of at least 4 members (excludes halogenated alkanes) is 5. The van der Waals surface area contributed by atoms with Gasteiger partial charge in [-0.1, -0.05) is 31.1 Å². The molecular weight excluding hydrogens is 176 g/mol. The van der Waals surface area contributed by atoms with E-state index in [-0.39, 0.29) is 6.61 Å². The zero-order valence-electron chi connectivity index (χ0n) is 8.86. The van der Waals surface area contributed by atoms with Crippen molar-refractivity contribution in [2.75, 3.05) is 6.61 Å². The van der Waals surface area contributed by atoms with Gasteiger partial charge in [0.25, 0.3) is 0 Å². The second-order valence-corrected chi connectivity index (χ2v) is 3.36. The van der Waals surface area contributed by atoms with E-state index >= 15 is 0 Å². The average Bonchev–Trinajstić information content (AvgIpc) is 2.21. The molecular formula is C12H22O2. The van der Waals surface area contributed by atoms with E-state index in [4.69, 9.17) is 10.2 Å². The minimum atomic E-state index is 0.254. The Morgan fingerprint density at radius 1 is 0.714 bits per heavy atom. The maximum Gasteiger partial charge on any atom is 0.0751 e. The Balaban J connectivity index is 2.98. The Labute approximate surface area is 87.0 Å². The van der Waals surface area contributed by atoms with E-state index in [0.29, 0.717) is 0 Å². The Bertz CT molecular complexity index is 150. The quantitative estimate of drug-likeness (QED) is 0.339. The van der Waals surface area contributed by atoms with Crippen LogP contribution in [0.4, 0.5) is 0 Å². The van der Waals surface area contributed by atoms with Gasteiger partial charge in [0.2, 0.25) is 0 Å². The minimum absolute atomic E-state index is 0.254. The molecule has 2 nitrogen and oxygen atoms in total. The van der Waals surface area contributed by atoms with E-state index < -0.39 is 0 Å². The highest BCUT2D eigenvalue weighted by Crippen LogP contribution is 2.06. The maximum absolute atomic E-state index is 8.51. The van der Waals surface area contributed by atoms with E-state index in [1.165, 1.54) is 19.3 Å². The summed E-state index contributed by atoms with van der Waals surface area (Å²) in [6.45, 7) is 0.254. The summed E-state index contributed by atoms with van der Waals surface area (Å²) < 4.78 is 0. The van der Waals surface area contributed by atoms with E-state index in [1.54, 1.807) is 6.08 Å². The second-order valence-electron chi connectivity index (χ2n) is 3.36. The third-order valence-corrected chi connectivity index (χ3v) is 2.06. The molecule has 0 saturated heterocycles. The van der Waals surface area contributed by atoms with Gasteiger partial charge >= 0.3 is 0 Å². The van der Waals surface area contributed by atoms with Crippen LogP contribution in [0.15, 0.2) is 24.5 Å². The lowest BCUT2D eigenvalue weighted by atomic mass is 10.1. The molecule has 0 aromatic carbocycles. The Kier molecular flexibility index (Phi) is 11.6. The summed E-state index contributed by atoms with van der Waals surface area (Å²) in [6, 6.07) is 0. The third kappa shape index (κ3) is 11.2. The fourth-order valence-electron chi connectivity index (χ4n) is 1.26. The highest BCUT2D eigenvalue weighted by Gasteiger charge is 1.87. The number of aliphatic hydroxyl groups excluding tert-OH is 2. The first-order valence-corrected chi connectivity index (χ1v) is 5.47. The van der Waals surface area contributed by atoms with E-state index in [9.17, 15) is 0 Å². The van der Waals surface area contributed by atoms with Crippen LogP contribution in [0.3, 0.4) is 0 Å². The van der Waals surface area contributed by atoms with Crippen molar-refractivity contribution in [2.45, 2.75) is 44.9 Å². The number of aliphatic hydroxyl groups is 2. The van der Waals surface area contributed by atoms with Crippen molar-refractivity contribution in [3.63, 3.8) is 0 Å². The molecule has 14 heavy (non-hydrogen) atoms. The minimum Gasteiger partial charge on any atom is -0.516 e. The Hall–Kier alpha value is -0.760. The third-order valence-electron chi connectivity index (χ3n) is 2.06. The first-order chi connectivity index (χ1) is 6.91. The van der Waals surface area contributed by atoms with Gasteiger partial charge in [-0.05, 0) is 32.1 Å². The van der Waals surface area contributed by atoms with Crippen LogP contribution in [-0.2, 0) is 0 Å². The van der Waals surface area contributed by atoms with E-state index in [1.807, 2.05) is 6.08 Å². The molecule has 0 unspecified atom stereocenters. The number of rotatable bonds is 9. The van der Waals surface area contributed by atoms with Crippen LogP contribution in [0, 0.1) is 0 Å². The summed E-state index contributed by atoms with van der Waals surface area (Å²) in [5.41, 5.74) is 0. The summed E-state index contributed by atoms with van der Waals surface area (Å²) in [4.78, 5) is 0. The lowest BCUT2D eigenvalue weighted by molar-refractivity contribution is 0.302. The van der Waals surface area contributed by atoms with E-state index in [0.717, 1.165) is 31.9 Å². The molecule has 0 atom stereocenters. The normalized spacial score (nSPS) is 11.8. The van der Waals surface area contributed by atoms with Crippen LogP contribution in [0.1, 0.15) is 44.9 Å². The molecule has 2 N–H and O–H groups in total. The van der Waals surface area contributed by atoms with E-state index in [2.05, 4.69) is 6.08 Å². The van der Waals surface area contributed by atoms with Crippen molar-refractivity contribution in [2.24, 2.45) is 0 Å². The topological polar surface area (TPSA) is 40.5 Å². The summed E-state index contributed by atoms with van der Waals surface area (Å²) in [6.07, 6.45) is 14.9. The Morgan fingerprint density at radius 2 is 1.29 bits per heavy atom. The highest BCUT2D eigenvalue weighted by molar-refractivity contribution is 4.81. The molecule has 0 bridgehead atoms. The largest absolute Gasteiger partial charge is 0.516 e. The molecule has 0 aliphatic rings. The summed E-state index contributed by atoms with van der Waals surface area (Å²) in [5, 5.41) is 16.9. The van der Waals surface area contributed by atoms with Crippen LogP contribution in [-0.4, -0.2) is 16.8 Å². The predicted molar refractivity (Wildman–Crippen MR) is 60.3 cm³/mol. The molecule has 0 rings (SSSR count). The molecule has 0 heterocycles. The zero-order chi connectivity index (χ0) is 10.5. The van der Waals surface area contributed by atoms with Crippen molar-refractivity contribution in [1.29, 1.82) is 0 Å². The van der Waals surface area contributed by atoms with Gasteiger partial charge in [-0.3, -0.25) is 0 Å². The number of hydrogen-bond donors (Lipinski definition) is 2. The van der Waals surface area contributed by atoms with Gasteiger partial charge in [0.1, 0.15) is 0 Å². The van der Waals surface area contributed by atoms with Gasteiger partial charge < -0.3 is 10.2 Å². The smallest absolute Gasteiger partial charge is 0.0751 e. The SMILES string of the molecule is O/C=C\CCCCCC/C=C/CCO. The summed E-state index contributed by atoms with van der Waals surface area (Å²) >= 11 is 0. The lowest BCUT2D eigenvalue weighted by Crippen LogP contribution is -1.78. The Morgan fingerprint density at radius 3 is 1.86 bits per heavy atom. The number of allylic oxidation sites excluding steroid dienone is 2. The molecule has 0 aliphatic carbocycles. The summed E-state index contributed by atoms with van der Waals surface area (Å²) in [5.74, 6) is 0. The molecule has 0 amide bonds. The average molecular weight is 198 g/mol. The fourth-order valence-corrected chi connectivity index (χ4v) is 1.26. The second kappa shape index (κ2) is 12.2. The van der Waals surface area contributed by atoms with Crippen LogP contribution in [0.2, 0.25) is 0 Å².